The van der Waals surface area contributed by atoms with Crippen LogP contribution in [-0.2, 0) is 4.79 Å². The number of carbonyl (C=O) groups is 1. The maximum absolute atomic E-state index is 11.9. The quantitative estimate of drug-likeness (QED) is 0.667. The van der Waals surface area contributed by atoms with Crippen LogP contribution in [0.15, 0.2) is 0 Å². The van der Waals surface area contributed by atoms with E-state index in [1.165, 1.54) is 19.3 Å². The lowest BCUT2D eigenvalue weighted by atomic mass is 9.84. The summed E-state index contributed by atoms with van der Waals surface area (Å²) in [6.45, 7) is 2.01. The zero-order chi connectivity index (χ0) is 9.84. The number of Topliss-reactive ketones (excluding diaryl/α,β-unsaturated/α-hetero) is 1. The van der Waals surface area contributed by atoms with E-state index in [-0.39, 0.29) is 6.04 Å². The van der Waals surface area contributed by atoms with Gasteiger partial charge >= 0.3 is 0 Å². The molecule has 1 atom stereocenters. The van der Waals surface area contributed by atoms with Gasteiger partial charge in [-0.05, 0) is 33.9 Å². The second-order valence-corrected chi connectivity index (χ2v) is 4.38. The van der Waals surface area contributed by atoms with E-state index in [0.29, 0.717) is 11.7 Å². The van der Waals surface area contributed by atoms with E-state index in [1.54, 1.807) is 0 Å². The summed E-state index contributed by atoms with van der Waals surface area (Å²) in [5.41, 5.74) is 0. The molecule has 0 aromatic rings. The highest BCUT2D eigenvalue weighted by Crippen LogP contribution is 2.25. The molecule has 0 heterocycles. The zero-order valence-electron chi connectivity index (χ0n) is 9.05. The van der Waals surface area contributed by atoms with E-state index >= 15 is 0 Å². The summed E-state index contributed by atoms with van der Waals surface area (Å²) in [5, 5.41) is 0. The lowest BCUT2D eigenvalue weighted by molar-refractivity contribution is -0.127. The largest absolute Gasteiger partial charge is 0.300 e. The lowest BCUT2D eigenvalue weighted by Crippen LogP contribution is -2.37. The first kappa shape index (κ1) is 10.7. The van der Waals surface area contributed by atoms with E-state index in [9.17, 15) is 4.79 Å². The molecule has 1 aliphatic carbocycles. The van der Waals surface area contributed by atoms with Gasteiger partial charge in [0.1, 0.15) is 0 Å². The molecule has 1 fully saturated rings. The molecule has 0 spiro atoms. The van der Waals surface area contributed by atoms with E-state index in [1.807, 2.05) is 25.9 Å². The van der Waals surface area contributed by atoms with Crippen LogP contribution in [0, 0.1) is 5.92 Å². The Balaban J connectivity index is 2.45. The van der Waals surface area contributed by atoms with Crippen molar-refractivity contribution in [3.63, 3.8) is 0 Å². The second-order valence-electron chi connectivity index (χ2n) is 4.38. The number of ketones is 1. The van der Waals surface area contributed by atoms with Crippen LogP contribution in [0.5, 0.6) is 0 Å². The van der Waals surface area contributed by atoms with Crippen LogP contribution in [0.2, 0.25) is 0 Å². The van der Waals surface area contributed by atoms with Gasteiger partial charge in [0.2, 0.25) is 0 Å². The third-order valence-corrected chi connectivity index (χ3v) is 3.19. The van der Waals surface area contributed by atoms with Crippen LogP contribution < -0.4 is 0 Å². The predicted octanol–water partition coefficient (Wildman–Crippen LogP) is 2.09. The summed E-state index contributed by atoms with van der Waals surface area (Å²) in [6, 6.07) is 0.100. The number of nitrogens with zero attached hydrogens (tertiary/aromatic N) is 1. The molecule has 0 bridgehead atoms. The average Bonchev–Trinajstić information content (AvgIpc) is 2.17. The summed E-state index contributed by atoms with van der Waals surface area (Å²) in [7, 11) is 3.96. The molecule has 0 aromatic heterocycles. The van der Waals surface area contributed by atoms with Gasteiger partial charge in [-0.25, -0.2) is 0 Å². The highest BCUT2D eigenvalue weighted by Gasteiger charge is 2.26. The Morgan fingerprint density at radius 3 is 2.23 bits per heavy atom. The first-order valence-electron chi connectivity index (χ1n) is 5.33. The molecule has 2 heteroatoms. The van der Waals surface area contributed by atoms with E-state index < -0.39 is 0 Å². The minimum atomic E-state index is 0.100. The van der Waals surface area contributed by atoms with Crippen LogP contribution in [0.25, 0.3) is 0 Å². The van der Waals surface area contributed by atoms with Gasteiger partial charge in [0, 0.05) is 5.92 Å². The van der Waals surface area contributed by atoms with Gasteiger partial charge in [-0.15, -0.1) is 0 Å². The molecule has 0 N–H and O–H groups in total. The fourth-order valence-electron chi connectivity index (χ4n) is 1.98. The highest BCUT2D eigenvalue weighted by molar-refractivity contribution is 5.85. The Bertz CT molecular complexity index is 171. The van der Waals surface area contributed by atoms with Gasteiger partial charge in [-0.2, -0.15) is 0 Å². The Hall–Kier alpha value is -0.370. The van der Waals surface area contributed by atoms with Crippen molar-refractivity contribution in [3.05, 3.63) is 0 Å². The fraction of sp³-hybridized carbons (Fsp3) is 0.909. The first-order chi connectivity index (χ1) is 6.13. The van der Waals surface area contributed by atoms with Crippen LogP contribution in [0.1, 0.15) is 39.0 Å². The molecule has 0 amide bonds. The van der Waals surface area contributed by atoms with Crippen LogP contribution in [-0.4, -0.2) is 30.8 Å². The van der Waals surface area contributed by atoms with E-state index in [4.69, 9.17) is 0 Å². The van der Waals surface area contributed by atoms with Crippen molar-refractivity contribution >= 4 is 5.78 Å². The molecular formula is C11H21NO. The van der Waals surface area contributed by atoms with E-state index in [0.717, 1.165) is 12.8 Å². The predicted molar refractivity (Wildman–Crippen MR) is 54.7 cm³/mol. The molecule has 0 radical (unpaired) electrons. The molecule has 1 unspecified atom stereocenters. The number of likely N-dealkylation sites (N-methyl/N-ethyl adjacent to an activating group) is 1. The van der Waals surface area contributed by atoms with Crippen molar-refractivity contribution in [2.75, 3.05) is 14.1 Å². The van der Waals surface area contributed by atoms with Gasteiger partial charge in [-0.3, -0.25) is 9.69 Å². The normalized spacial score (nSPS) is 21.8. The molecule has 1 saturated carbocycles. The van der Waals surface area contributed by atoms with Crippen molar-refractivity contribution in [1.82, 2.24) is 4.90 Å². The van der Waals surface area contributed by atoms with Gasteiger partial charge in [-0.1, -0.05) is 19.3 Å². The number of hydrogen-bond acceptors (Lipinski definition) is 2. The number of rotatable bonds is 3. The Kier molecular flexibility index (Phi) is 3.91. The molecule has 0 aliphatic heterocycles. The SMILES string of the molecule is CC(C(=O)C1CCCCC1)N(C)C. The Morgan fingerprint density at radius 1 is 1.23 bits per heavy atom. The molecule has 1 aliphatic rings. The third-order valence-electron chi connectivity index (χ3n) is 3.19. The van der Waals surface area contributed by atoms with E-state index in [2.05, 4.69) is 0 Å². The number of hydrogen-bond donors (Lipinski definition) is 0. The minimum absolute atomic E-state index is 0.100. The van der Waals surface area contributed by atoms with Gasteiger partial charge in [0.25, 0.3) is 0 Å². The van der Waals surface area contributed by atoms with Gasteiger partial charge in [0.05, 0.1) is 6.04 Å². The molecular weight excluding hydrogens is 162 g/mol. The molecule has 1 rings (SSSR count). The molecule has 13 heavy (non-hydrogen) atoms. The molecule has 76 valence electrons. The second kappa shape index (κ2) is 4.75. The average molecular weight is 183 g/mol. The number of carbonyl (C=O) groups excluding carboxylic acids is 1. The summed E-state index contributed by atoms with van der Waals surface area (Å²) < 4.78 is 0. The van der Waals surface area contributed by atoms with Crippen molar-refractivity contribution in [2.45, 2.75) is 45.1 Å². The van der Waals surface area contributed by atoms with Crippen molar-refractivity contribution < 1.29 is 4.79 Å². The van der Waals surface area contributed by atoms with Crippen molar-refractivity contribution in [1.29, 1.82) is 0 Å². The Morgan fingerprint density at radius 2 is 1.77 bits per heavy atom. The van der Waals surface area contributed by atoms with Crippen molar-refractivity contribution in [2.24, 2.45) is 5.92 Å². The monoisotopic (exact) mass is 183 g/mol. The highest BCUT2D eigenvalue weighted by atomic mass is 16.1. The van der Waals surface area contributed by atoms with Crippen LogP contribution in [0.4, 0.5) is 0 Å². The topological polar surface area (TPSA) is 20.3 Å². The summed E-state index contributed by atoms with van der Waals surface area (Å²) in [4.78, 5) is 13.9. The standard InChI is InChI=1S/C11H21NO/c1-9(12(2)3)11(13)10-7-5-4-6-8-10/h9-10H,4-8H2,1-3H3. The van der Waals surface area contributed by atoms with Crippen LogP contribution >= 0.6 is 0 Å². The first-order valence-corrected chi connectivity index (χ1v) is 5.33. The molecule has 0 saturated heterocycles. The Labute approximate surface area is 81.3 Å². The lowest BCUT2D eigenvalue weighted by Gasteiger charge is -2.26. The maximum Gasteiger partial charge on any atom is 0.152 e. The summed E-state index contributed by atoms with van der Waals surface area (Å²) in [6.07, 6.45) is 6.06. The summed E-state index contributed by atoms with van der Waals surface area (Å²) >= 11 is 0. The molecule has 0 aromatic carbocycles. The van der Waals surface area contributed by atoms with Crippen molar-refractivity contribution in [3.8, 4) is 0 Å². The minimum Gasteiger partial charge on any atom is -0.300 e. The van der Waals surface area contributed by atoms with Gasteiger partial charge < -0.3 is 0 Å². The van der Waals surface area contributed by atoms with Gasteiger partial charge in [0.15, 0.2) is 5.78 Å². The zero-order valence-corrected chi connectivity index (χ0v) is 9.05. The fourth-order valence-corrected chi connectivity index (χ4v) is 1.98. The molecule has 2 nitrogen and oxygen atoms in total. The van der Waals surface area contributed by atoms with Crippen LogP contribution in [0.3, 0.4) is 0 Å². The maximum atomic E-state index is 11.9. The smallest absolute Gasteiger partial charge is 0.152 e. The summed E-state index contributed by atoms with van der Waals surface area (Å²) in [5.74, 6) is 0.802. The third kappa shape index (κ3) is 2.80.